The van der Waals surface area contributed by atoms with Crippen molar-refractivity contribution in [2.75, 3.05) is 13.7 Å². The predicted molar refractivity (Wildman–Crippen MR) is 64.9 cm³/mol. The lowest BCUT2D eigenvalue weighted by Crippen LogP contribution is -2.43. The summed E-state index contributed by atoms with van der Waals surface area (Å²) in [6, 6.07) is 3.36. The third-order valence-electron chi connectivity index (χ3n) is 2.54. The molecule has 0 spiro atoms. The van der Waals surface area contributed by atoms with Gasteiger partial charge in [0.2, 0.25) is 0 Å². The minimum Gasteiger partial charge on any atom is -0.497 e. The highest BCUT2D eigenvalue weighted by Gasteiger charge is 2.15. The number of methoxy groups -OCH3 is 1. The van der Waals surface area contributed by atoms with Crippen molar-refractivity contribution < 1.29 is 19.0 Å². The van der Waals surface area contributed by atoms with Gasteiger partial charge in [0.1, 0.15) is 11.6 Å². The molecule has 0 saturated carbocycles. The van der Waals surface area contributed by atoms with E-state index in [-0.39, 0.29) is 12.1 Å². The van der Waals surface area contributed by atoms with Gasteiger partial charge >= 0.3 is 0 Å². The van der Waals surface area contributed by atoms with Crippen molar-refractivity contribution in [3.8, 4) is 5.75 Å². The third-order valence-corrected chi connectivity index (χ3v) is 2.54. The summed E-state index contributed by atoms with van der Waals surface area (Å²) in [4.78, 5) is 11.7. The summed E-state index contributed by atoms with van der Waals surface area (Å²) in [5.74, 6) is -0.909. The molecule has 1 amide bonds. The first-order valence-electron chi connectivity index (χ1n) is 5.51. The van der Waals surface area contributed by atoms with Crippen LogP contribution in [0.2, 0.25) is 0 Å². The van der Waals surface area contributed by atoms with Gasteiger partial charge in [-0.05, 0) is 19.1 Å². The molecule has 0 aromatic heterocycles. The van der Waals surface area contributed by atoms with E-state index in [0.29, 0.717) is 5.75 Å². The van der Waals surface area contributed by atoms with E-state index in [9.17, 15) is 9.18 Å². The molecule has 6 heteroatoms. The van der Waals surface area contributed by atoms with Gasteiger partial charge < -0.3 is 20.9 Å². The van der Waals surface area contributed by atoms with Gasteiger partial charge in [-0.3, -0.25) is 4.79 Å². The fourth-order valence-electron chi connectivity index (χ4n) is 1.28. The van der Waals surface area contributed by atoms with Crippen molar-refractivity contribution in [1.82, 2.24) is 5.32 Å². The second-order valence-electron chi connectivity index (χ2n) is 3.96. The van der Waals surface area contributed by atoms with Crippen LogP contribution in [0.1, 0.15) is 17.3 Å². The molecule has 5 nitrogen and oxygen atoms in total. The van der Waals surface area contributed by atoms with E-state index in [1.165, 1.54) is 26.2 Å². The zero-order chi connectivity index (χ0) is 13.7. The monoisotopic (exact) mass is 256 g/mol. The number of halogens is 1. The van der Waals surface area contributed by atoms with Crippen molar-refractivity contribution >= 4 is 5.91 Å². The summed E-state index contributed by atoms with van der Waals surface area (Å²) in [6.07, 6.45) is -0.744. The summed E-state index contributed by atoms with van der Waals surface area (Å²) >= 11 is 0. The number of amides is 1. The Hall–Kier alpha value is -1.66. The van der Waals surface area contributed by atoms with Crippen molar-refractivity contribution in [2.24, 2.45) is 5.73 Å². The van der Waals surface area contributed by atoms with Crippen LogP contribution in [0, 0.1) is 5.82 Å². The molecule has 100 valence electrons. The molecule has 18 heavy (non-hydrogen) atoms. The molecule has 0 heterocycles. The van der Waals surface area contributed by atoms with Crippen LogP contribution in [0.5, 0.6) is 5.75 Å². The number of nitrogens with two attached hydrogens (primary N) is 1. The van der Waals surface area contributed by atoms with Crippen molar-refractivity contribution in [3.05, 3.63) is 29.6 Å². The number of carbonyl (C=O) groups is 1. The molecule has 0 aliphatic rings. The standard InChI is InChI=1S/C12H17FN2O3/c1-7(16)11(14)6-15-12(17)9-4-3-8(18-2)5-10(9)13/h3-5,7,11,16H,6,14H2,1-2H3,(H,15,17). The highest BCUT2D eigenvalue weighted by molar-refractivity contribution is 5.94. The van der Waals surface area contributed by atoms with Crippen LogP contribution in [0.4, 0.5) is 4.39 Å². The maximum atomic E-state index is 13.5. The van der Waals surface area contributed by atoms with Crippen LogP contribution in [0.3, 0.4) is 0 Å². The lowest BCUT2D eigenvalue weighted by atomic mass is 10.1. The molecule has 0 saturated heterocycles. The second kappa shape index (κ2) is 6.32. The maximum Gasteiger partial charge on any atom is 0.254 e. The first kappa shape index (κ1) is 14.4. The van der Waals surface area contributed by atoms with E-state index in [2.05, 4.69) is 5.32 Å². The van der Waals surface area contributed by atoms with Crippen molar-refractivity contribution in [1.29, 1.82) is 0 Å². The van der Waals surface area contributed by atoms with E-state index in [1.54, 1.807) is 0 Å². The zero-order valence-electron chi connectivity index (χ0n) is 10.3. The fourth-order valence-corrected chi connectivity index (χ4v) is 1.28. The second-order valence-corrected chi connectivity index (χ2v) is 3.96. The normalized spacial score (nSPS) is 13.8. The Labute approximate surface area is 105 Å². The Kier molecular flexibility index (Phi) is 5.06. The molecule has 2 unspecified atom stereocenters. The topological polar surface area (TPSA) is 84.6 Å². The van der Waals surface area contributed by atoms with Crippen LogP contribution in [-0.2, 0) is 0 Å². The summed E-state index contributed by atoms with van der Waals surface area (Å²) in [6.45, 7) is 1.59. The fraction of sp³-hybridized carbons (Fsp3) is 0.417. The number of aliphatic hydroxyl groups is 1. The Morgan fingerprint density at radius 2 is 2.28 bits per heavy atom. The smallest absolute Gasteiger partial charge is 0.254 e. The number of nitrogens with one attached hydrogen (secondary N) is 1. The lowest BCUT2D eigenvalue weighted by molar-refractivity contribution is 0.0933. The maximum absolute atomic E-state index is 13.5. The number of rotatable bonds is 5. The van der Waals surface area contributed by atoms with Crippen LogP contribution >= 0.6 is 0 Å². The molecule has 0 bridgehead atoms. The van der Waals surface area contributed by atoms with Crippen LogP contribution in [0.15, 0.2) is 18.2 Å². The average molecular weight is 256 g/mol. The van der Waals surface area contributed by atoms with Gasteiger partial charge in [-0.25, -0.2) is 4.39 Å². The number of hydrogen-bond donors (Lipinski definition) is 3. The molecule has 0 aliphatic carbocycles. The van der Waals surface area contributed by atoms with Gasteiger partial charge in [0.05, 0.1) is 18.8 Å². The van der Waals surface area contributed by atoms with Gasteiger partial charge in [-0.1, -0.05) is 0 Å². The predicted octanol–water partition coefficient (Wildman–Crippen LogP) is 0.272. The molecule has 0 aliphatic heterocycles. The largest absolute Gasteiger partial charge is 0.497 e. The van der Waals surface area contributed by atoms with Crippen LogP contribution < -0.4 is 15.8 Å². The molecule has 1 aromatic rings. The number of ether oxygens (including phenoxy) is 1. The quantitative estimate of drug-likeness (QED) is 0.706. The van der Waals surface area contributed by atoms with E-state index >= 15 is 0 Å². The van der Waals surface area contributed by atoms with E-state index in [0.717, 1.165) is 6.07 Å². The van der Waals surface area contributed by atoms with E-state index in [4.69, 9.17) is 15.6 Å². The van der Waals surface area contributed by atoms with Gasteiger partial charge in [-0.2, -0.15) is 0 Å². The van der Waals surface area contributed by atoms with Crippen molar-refractivity contribution in [2.45, 2.75) is 19.1 Å². The SMILES string of the molecule is COc1ccc(C(=O)NCC(N)C(C)O)c(F)c1. The van der Waals surface area contributed by atoms with Crippen LogP contribution in [0.25, 0.3) is 0 Å². The van der Waals surface area contributed by atoms with Gasteiger partial charge in [-0.15, -0.1) is 0 Å². The van der Waals surface area contributed by atoms with Gasteiger partial charge in [0, 0.05) is 18.7 Å². The van der Waals surface area contributed by atoms with Gasteiger partial charge in [0.15, 0.2) is 0 Å². The molecule has 4 N–H and O–H groups in total. The summed E-state index contributed by atoms with van der Waals surface area (Å²) in [5.41, 5.74) is 5.46. The van der Waals surface area contributed by atoms with Crippen LogP contribution in [-0.4, -0.2) is 36.8 Å². The van der Waals surface area contributed by atoms with Gasteiger partial charge in [0.25, 0.3) is 5.91 Å². The Morgan fingerprint density at radius 3 is 2.78 bits per heavy atom. The van der Waals surface area contributed by atoms with E-state index in [1.807, 2.05) is 0 Å². The summed E-state index contributed by atoms with van der Waals surface area (Å²) < 4.78 is 18.4. The highest BCUT2D eigenvalue weighted by Crippen LogP contribution is 2.15. The lowest BCUT2D eigenvalue weighted by Gasteiger charge is -2.15. The third kappa shape index (κ3) is 3.68. The summed E-state index contributed by atoms with van der Waals surface area (Å²) in [5, 5.41) is 11.6. The average Bonchev–Trinajstić information content (AvgIpc) is 2.34. The molecule has 0 radical (unpaired) electrons. The minimum atomic E-state index is -0.744. The molecule has 1 aromatic carbocycles. The number of aliphatic hydroxyl groups excluding tert-OH is 1. The molecule has 1 rings (SSSR count). The number of carbonyl (C=O) groups excluding carboxylic acids is 1. The highest BCUT2D eigenvalue weighted by atomic mass is 19.1. The van der Waals surface area contributed by atoms with E-state index < -0.39 is 23.9 Å². The van der Waals surface area contributed by atoms with Crippen molar-refractivity contribution in [3.63, 3.8) is 0 Å². The summed E-state index contributed by atoms with van der Waals surface area (Å²) in [7, 11) is 1.41. The molecule has 0 fully saturated rings. The first-order valence-corrected chi connectivity index (χ1v) is 5.51. The molecule has 2 atom stereocenters. The minimum absolute atomic E-state index is 0.0714. The number of hydrogen-bond acceptors (Lipinski definition) is 4. The number of benzene rings is 1. The molecular formula is C12H17FN2O3. The first-order chi connectivity index (χ1) is 8.45. The Morgan fingerprint density at radius 1 is 1.61 bits per heavy atom. The Bertz CT molecular complexity index is 424. The zero-order valence-corrected chi connectivity index (χ0v) is 10.3. The Balaban J connectivity index is 2.67. The molecular weight excluding hydrogens is 239 g/mol.